The Labute approximate surface area is 95.8 Å². The van der Waals surface area contributed by atoms with Gasteiger partial charge in [0.05, 0.1) is 5.66 Å². The summed E-state index contributed by atoms with van der Waals surface area (Å²) in [6.45, 7) is 6.32. The van der Waals surface area contributed by atoms with Crippen LogP contribution in [0.2, 0.25) is 0 Å². The van der Waals surface area contributed by atoms with Gasteiger partial charge in [0.1, 0.15) is 0 Å². The van der Waals surface area contributed by atoms with Crippen molar-refractivity contribution in [2.75, 3.05) is 0 Å². The third-order valence-corrected chi connectivity index (χ3v) is 3.30. The van der Waals surface area contributed by atoms with Crippen LogP contribution in [0, 0.1) is 5.92 Å². The minimum atomic E-state index is -0.498. The van der Waals surface area contributed by atoms with Crippen LogP contribution in [0.5, 0.6) is 0 Å². The van der Waals surface area contributed by atoms with Crippen molar-refractivity contribution < 1.29 is 0 Å². The maximum Gasteiger partial charge on any atom is 0.0633 e. The minimum Gasteiger partial charge on any atom is -0.314 e. The molecule has 0 rings (SSSR count). The Bertz CT molecular complexity index is 138. The van der Waals surface area contributed by atoms with Crippen LogP contribution in [0.1, 0.15) is 72.1 Å². The van der Waals surface area contributed by atoms with Crippen molar-refractivity contribution in [1.29, 1.82) is 0 Å². The average Bonchev–Trinajstić information content (AvgIpc) is 2.14. The Balaban J connectivity index is 3.24. The van der Waals surface area contributed by atoms with Crippen molar-refractivity contribution >= 4 is 0 Å². The maximum absolute atomic E-state index is 5.84. The fourth-order valence-electron chi connectivity index (χ4n) is 1.72. The molecule has 0 radical (unpaired) electrons. The van der Waals surface area contributed by atoms with Gasteiger partial charge in [0.2, 0.25) is 0 Å². The summed E-state index contributed by atoms with van der Waals surface area (Å²) in [5.41, 5.74) is 11.2. The monoisotopic (exact) mass is 214 g/mol. The molecular formula is C13H30N2. The smallest absolute Gasteiger partial charge is 0.0633 e. The lowest BCUT2D eigenvalue weighted by Crippen LogP contribution is -2.51. The molecule has 0 aliphatic rings. The summed E-state index contributed by atoms with van der Waals surface area (Å²) in [5, 5.41) is 0. The van der Waals surface area contributed by atoms with Crippen LogP contribution in [0.15, 0.2) is 0 Å². The zero-order valence-electron chi connectivity index (χ0n) is 10.9. The van der Waals surface area contributed by atoms with Crippen molar-refractivity contribution in [2.24, 2.45) is 17.4 Å². The van der Waals surface area contributed by atoms with Crippen LogP contribution in [0.3, 0.4) is 0 Å². The van der Waals surface area contributed by atoms with Gasteiger partial charge in [0.15, 0.2) is 0 Å². The Morgan fingerprint density at radius 3 is 1.87 bits per heavy atom. The van der Waals surface area contributed by atoms with Crippen molar-refractivity contribution in [3.05, 3.63) is 0 Å². The summed E-state index contributed by atoms with van der Waals surface area (Å²) >= 11 is 0. The normalized spacial score (nSPS) is 14.2. The SMILES string of the molecule is CCCCCCCCCC(C)C(C)(N)N. The quantitative estimate of drug-likeness (QED) is 0.456. The lowest BCUT2D eigenvalue weighted by Gasteiger charge is -2.26. The van der Waals surface area contributed by atoms with E-state index in [1.54, 1.807) is 0 Å². The van der Waals surface area contributed by atoms with E-state index in [4.69, 9.17) is 11.5 Å². The summed E-state index contributed by atoms with van der Waals surface area (Å²) in [5.74, 6) is 0.424. The minimum absolute atomic E-state index is 0.424. The molecule has 0 aromatic carbocycles. The molecule has 0 spiro atoms. The van der Waals surface area contributed by atoms with E-state index in [9.17, 15) is 0 Å². The van der Waals surface area contributed by atoms with Gasteiger partial charge in [-0.25, -0.2) is 0 Å². The van der Waals surface area contributed by atoms with Crippen LogP contribution >= 0.6 is 0 Å². The largest absolute Gasteiger partial charge is 0.314 e. The van der Waals surface area contributed by atoms with Gasteiger partial charge < -0.3 is 11.5 Å². The lowest BCUT2D eigenvalue weighted by molar-refractivity contribution is 0.300. The van der Waals surface area contributed by atoms with E-state index in [1.165, 1.54) is 44.9 Å². The van der Waals surface area contributed by atoms with Crippen molar-refractivity contribution in [2.45, 2.75) is 77.8 Å². The van der Waals surface area contributed by atoms with E-state index < -0.39 is 5.66 Å². The summed E-state index contributed by atoms with van der Waals surface area (Å²) in [6.07, 6.45) is 10.7. The Kier molecular flexibility index (Phi) is 8.07. The molecule has 2 heteroatoms. The number of hydrogen-bond donors (Lipinski definition) is 2. The second kappa shape index (κ2) is 8.12. The average molecular weight is 214 g/mol. The molecule has 0 heterocycles. The first-order valence-corrected chi connectivity index (χ1v) is 6.56. The number of hydrogen-bond acceptors (Lipinski definition) is 2. The second-order valence-corrected chi connectivity index (χ2v) is 5.18. The predicted octanol–water partition coefficient (Wildman–Crippen LogP) is 3.40. The standard InChI is InChI=1S/C13H30N2/c1-4-5-6-7-8-9-10-11-12(2)13(3,14)15/h12H,4-11,14-15H2,1-3H3. The molecule has 15 heavy (non-hydrogen) atoms. The topological polar surface area (TPSA) is 52.0 Å². The van der Waals surface area contributed by atoms with Crippen molar-refractivity contribution in [3.63, 3.8) is 0 Å². The second-order valence-electron chi connectivity index (χ2n) is 5.18. The van der Waals surface area contributed by atoms with Gasteiger partial charge in [0, 0.05) is 0 Å². The van der Waals surface area contributed by atoms with Gasteiger partial charge in [-0.1, -0.05) is 58.8 Å². The first kappa shape index (κ1) is 14.9. The molecule has 2 nitrogen and oxygen atoms in total. The number of nitrogens with two attached hydrogens (primary N) is 2. The van der Waals surface area contributed by atoms with Crippen molar-refractivity contribution in [3.8, 4) is 0 Å². The molecule has 0 aliphatic carbocycles. The fourth-order valence-corrected chi connectivity index (χ4v) is 1.72. The summed E-state index contributed by atoms with van der Waals surface area (Å²) in [4.78, 5) is 0. The van der Waals surface area contributed by atoms with Crippen LogP contribution in [0.4, 0.5) is 0 Å². The Hall–Kier alpha value is -0.0800. The van der Waals surface area contributed by atoms with E-state index in [2.05, 4.69) is 13.8 Å². The van der Waals surface area contributed by atoms with E-state index in [0.717, 1.165) is 6.42 Å². The van der Waals surface area contributed by atoms with Gasteiger partial charge in [-0.3, -0.25) is 0 Å². The molecular weight excluding hydrogens is 184 g/mol. The Morgan fingerprint density at radius 2 is 1.40 bits per heavy atom. The molecule has 0 fully saturated rings. The van der Waals surface area contributed by atoms with Crippen LogP contribution < -0.4 is 11.5 Å². The molecule has 0 bridgehead atoms. The van der Waals surface area contributed by atoms with E-state index in [1.807, 2.05) is 6.92 Å². The van der Waals surface area contributed by atoms with Gasteiger partial charge in [-0.05, 0) is 19.3 Å². The fraction of sp³-hybridized carbons (Fsp3) is 1.00. The van der Waals surface area contributed by atoms with E-state index in [0.29, 0.717) is 5.92 Å². The van der Waals surface area contributed by atoms with Gasteiger partial charge in [0.25, 0.3) is 0 Å². The van der Waals surface area contributed by atoms with E-state index in [-0.39, 0.29) is 0 Å². The highest BCUT2D eigenvalue weighted by Crippen LogP contribution is 2.17. The maximum atomic E-state index is 5.84. The number of unbranched alkanes of at least 4 members (excludes halogenated alkanes) is 6. The van der Waals surface area contributed by atoms with E-state index >= 15 is 0 Å². The molecule has 0 amide bonds. The van der Waals surface area contributed by atoms with Crippen molar-refractivity contribution in [1.82, 2.24) is 0 Å². The molecule has 92 valence electrons. The summed E-state index contributed by atoms with van der Waals surface area (Å²) < 4.78 is 0. The molecule has 0 saturated heterocycles. The molecule has 0 aromatic rings. The zero-order chi connectivity index (χ0) is 11.7. The van der Waals surface area contributed by atoms with Gasteiger partial charge >= 0.3 is 0 Å². The lowest BCUT2D eigenvalue weighted by atomic mass is 9.92. The summed E-state index contributed by atoms with van der Waals surface area (Å²) in [7, 11) is 0. The highest BCUT2D eigenvalue weighted by molar-refractivity contribution is 4.76. The molecule has 1 unspecified atom stereocenters. The third kappa shape index (κ3) is 8.88. The highest BCUT2D eigenvalue weighted by atomic mass is 14.9. The van der Waals surface area contributed by atoms with Gasteiger partial charge in [-0.2, -0.15) is 0 Å². The molecule has 0 saturated carbocycles. The molecule has 4 N–H and O–H groups in total. The first-order chi connectivity index (χ1) is 6.98. The van der Waals surface area contributed by atoms with Crippen LogP contribution in [-0.2, 0) is 0 Å². The Morgan fingerprint density at radius 1 is 0.933 bits per heavy atom. The highest BCUT2D eigenvalue weighted by Gasteiger charge is 2.19. The molecule has 0 aliphatic heterocycles. The number of rotatable bonds is 9. The molecule has 1 atom stereocenters. The predicted molar refractivity (Wildman–Crippen MR) is 68.6 cm³/mol. The summed E-state index contributed by atoms with van der Waals surface area (Å²) in [6, 6.07) is 0. The first-order valence-electron chi connectivity index (χ1n) is 6.56. The van der Waals surface area contributed by atoms with Crippen LogP contribution in [0.25, 0.3) is 0 Å². The molecule has 0 aromatic heterocycles. The zero-order valence-corrected chi connectivity index (χ0v) is 10.9. The van der Waals surface area contributed by atoms with Gasteiger partial charge in [-0.15, -0.1) is 0 Å². The van der Waals surface area contributed by atoms with Crippen LogP contribution in [-0.4, -0.2) is 5.66 Å². The third-order valence-electron chi connectivity index (χ3n) is 3.30.